The Hall–Kier alpha value is -0.710. The normalized spacial score (nSPS) is 25.9. The highest BCUT2D eigenvalue weighted by atomic mass is 32.2. The van der Waals surface area contributed by atoms with E-state index in [2.05, 4.69) is 31.1 Å². The highest BCUT2D eigenvalue weighted by molar-refractivity contribution is 8.13. The number of thioether (sulfide) groups is 1. The van der Waals surface area contributed by atoms with Crippen molar-refractivity contribution in [1.29, 1.82) is 0 Å². The van der Waals surface area contributed by atoms with Crippen LogP contribution in [-0.2, 0) is 4.79 Å². The first-order valence-electron chi connectivity index (χ1n) is 7.68. The van der Waals surface area contributed by atoms with E-state index >= 15 is 0 Å². The molecule has 5 heteroatoms. The van der Waals surface area contributed by atoms with E-state index in [0.29, 0.717) is 19.0 Å². The molecule has 0 spiro atoms. The summed E-state index contributed by atoms with van der Waals surface area (Å²) in [5, 5.41) is 4.54. The van der Waals surface area contributed by atoms with Crippen molar-refractivity contribution in [2.45, 2.75) is 52.5 Å². The molecule has 0 bridgehead atoms. The molecule has 0 aromatic heterocycles. The fraction of sp³-hybridized carbons (Fsp3) is 0.867. The van der Waals surface area contributed by atoms with Gasteiger partial charge in [0.05, 0.1) is 6.54 Å². The molecule has 2 aliphatic heterocycles. The summed E-state index contributed by atoms with van der Waals surface area (Å²) in [4.78, 5) is 18.5. The molecular formula is C15H27N3OS. The summed E-state index contributed by atoms with van der Waals surface area (Å²) in [5.74, 6) is 1.38. The minimum atomic E-state index is 0.257. The molecule has 0 radical (unpaired) electrons. The Labute approximate surface area is 126 Å². The van der Waals surface area contributed by atoms with Crippen LogP contribution in [0.15, 0.2) is 4.99 Å². The Morgan fingerprint density at radius 2 is 2.10 bits per heavy atom. The lowest BCUT2D eigenvalue weighted by Crippen LogP contribution is -2.46. The summed E-state index contributed by atoms with van der Waals surface area (Å²) in [6.07, 6.45) is 4.04. The maximum absolute atomic E-state index is 11.9. The third-order valence-corrected chi connectivity index (χ3v) is 4.99. The van der Waals surface area contributed by atoms with Gasteiger partial charge in [-0.2, -0.15) is 0 Å². The number of nitrogens with one attached hydrogen (secondary N) is 1. The molecule has 1 amide bonds. The van der Waals surface area contributed by atoms with Gasteiger partial charge in [-0.15, -0.1) is 0 Å². The van der Waals surface area contributed by atoms with Gasteiger partial charge in [-0.05, 0) is 24.7 Å². The number of aliphatic imine (C=N–C) groups is 1. The van der Waals surface area contributed by atoms with Crippen molar-refractivity contribution in [1.82, 2.24) is 10.2 Å². The van der Waals surface area contributed by atoms with E-state index in [-0.39, 0.29) is 11.3 Å². The van der Waals surface area contributed by atoms with E-state index in [1.54, 1.807) is 11.8 Å². The van der Waals surface area contributed by atoms with Crippen LogP contribution in [0.2, 0.25) is 0 Å². The van der Waals surface area contributed by atoms with Gasteiger partial charge in [0, 0.05) is 31.3 Å². The van der Waals surface area contributed by atoms with Crippen LogP contribution in [0.25, 0.3) is 0 Å². The van der Waals surface area contributed by atoms with Gasteiger partial charge in [0.2, 0.25) is 5.91 Å². The molecule has 20 heavy (non-hydrogen) atoms. The summed E-state index contributed by atoms with van der Waals surface area (Å²) >= 11 is 1.78. The average molecular weight is 297 g/mol. The van der Waals surface area contributed by atoms with Crippen LogP contribution in [-0.4, -0.2) is 47.4 Å². The van der Waals surface area contributed by atoms with Crippen LogP contribution >= 0.6 is 11.8 Å². The summed E-state index contributed by atoms with van der Waals surface area (Å²) in [6.45, 7) is 9.27. The van der Waals surface area contributed by atoms with Gasteiger partial charge < -0.3 is 10.2 Å². The first-order chi connectivity index (χ1) is 9.47. The molecular weight excluding hydrogens is 270 g/mol. The van der Waals surface area contributed by atoms with Crippen LogP contribution < -0.4 is 5.32 Å². The Bertz CT molecular complexity index is 370. The number of amidine groups is 1. The van der Waals surface area contributed by atoms with E-state index in [9.17, 15) is 4.79 Å². The third kappa shape index (κ3) is 4.40. The number of amides is 1. The molecule has 2 fully saturated rings. The Morgan fingerprint density at radius 1 is 1.40 bits per heavy atom. The molecule has 0 saturated carbocycles. The van der Waals surface area contributed by atoms with Crippen molar-refractivity contribution in [2.75, 3.05) is 25.4 Å². The summed E-state index contributed by atoms with van der Waals surface area (Å²) < 4.78 is 0. The van der Waals surface area contributed by atoms with Gasteiger partial charge >= 0.3 is 0 Å². The zero-order valence-corrected chi connectivity index (χ0v) is 13.8. The average Bonchev–Trinajstić information content (AvgIpc) is 2.92. The minimum Gasteiger partial charge on any atom is -0.362 e. The largest absolute Gasteiger partial charge is 0.362 e. The smallest absolute Gasteiger partial charge is 0.224 e. The van der Waals surface area contributed by atoms with Gasteiger partial charge in [-0.25, -0.2) is 0 Å². The highest BCUT2D eigenvalue weighted by Crippen LogP contribution is 2.27. The quantitative estimate of drug-likeness (QED) is 0.870. The van der Waals surface area contributed by atoms with Crippen molar-refractivity contribution in [3.8, 4) is 0 Å². The van der Waals surface area contributed by atoms with Gasteiger partial charge in [0.25, 0.3) is 0 Å². The molecule has 2 rings (SSSR count). The monoisotopic (exact) mass is 297 g/mol. The highest BCUT2D eigenvalue weighted by Gasteiger charge is 2.28. The van der Waals surface area contributed by atoms with Crippen LogP contribution in [0.5, 0.6) is 0 Å². The molecule has 114 valence electrons. The lowest BCUT2D eigenvalue weighted by atomic mass is 9.85. The Balaban J connectivity index is 1.77. The fourth-order valence-electron chi connectivity index (χ4n) is 2.65. The number of carbonyl (C=O) groups is 1. The maximum Gasteiger partial charge on any atom is 0.224 e. The molecule has 2 aliphatic rings. The Morgan fingerprint density at radius 3 is 2.75 bits per heavy atom. The number of hydrogen-bond donors (Lipinski definition) is 1. The first kappa shape index (κ1) is 15.7. The molecule has 2 heterocycles. The summed E-state index contributed by atoms with van der Waals surface area (Å²) in [5.41, 5.74) is 0.257. The predicted molar refractivity (Wildman–Crippen MR) is 86.2 cm³/mol. The van der Waals surface area contributed by atoms with Gasteiger partial charge in [-0.1, -0.05) is 32.5 Å². The second-order valence-electron chi connectivity index (χ2n) is 6.72. The SMILES string of the molecule is CC(C)(C)C1CCSC(=NCCC(=O)N2CCCC2)N1. The Kier molecular flexibility index (Phi) is 5.35. The fourth-order valence-corrected chi connectivity index (χ4v) is 3.61. The lowest BCUT2D eigenvalue weighted by molar-refractivity contribution is -0.129. The minimum absolute atomic E-state index is 0.257. The predicted octanol–water partition coefficient (Wildman–Crippen LogP) is 2.50. The molecule has 1 atom stereocenters. The second-order valence-corrected chi connectivity index (χ2v) is 7.81. The van der Waals surface area contributed by atoms with Crippen molar-refractivity contribution >= 4 is 22.8 Å². The van der Waals surface area contributed by atoms with Crippen molar-refractivity contribution in [2.24, 2.45) is 10.4 Å². The van der Waals surface area contributed by atoms with Crippen molar-refractivity contribution in [3.05, 3.63) is 0 Å². The third-order valence-electron chi connectivity index (χ3n) is 4.03. The molecule has 0 aliphatic carbocycles. The van der Waals surface area contributed by atoms with Crippen LogP contribution in [0, 0.1) is 5.41 Å². The van der Waals surface area contributed by atoms with E-state index in [1.165, 1.54) is 6.42 Å². The topological polar surface area (TPSA) is 44.7 Å². The molecule has 0 aromatic carbocycles. The van der Waals surface area contributed by atoms with Gasteiger partial charge in [0.1, 0.15) is 0 Å². The van der Waals surface area contributed by atoms with Crippen LogP contribution in [0.3, 0.4) is 0 Å². The van der Waals surface area contributed by atoms with E-state index in [4.69, 9.17) is 0 Å². The maximum atomic E-state index is 11.9. The number of carbonyl (C=O) groups excluding carboxylic acids is 1. The zero-order chi connectivity index (χ0) is 14.6. The number of hydrogen-bond acceptors (Lipinski definition) is 3. The lowest BCUT2D eigenvalue weighted by Gasteiger charge is -2.35. The summed E-state index contributed by atoms with van der Waals surface area (Å²) in [6, 6.07) is 0.483. The molecule has 1 N–H and O–H groups in total. The molecule has 0 aromatic rings. The van der Waals surface area contributed by atoms with Crippen molar-refractivity contribution < 1.29 is 4.79 Å². The number of rotatable bonds is 3. The van der Waals surface area contributed by atoms with E-state index < -0.39 is 0 Å². The molecule has 1 unspecified atom stereocenters. The van der Waals surface area contributed by atoms with Gasteiger partial charge in [0.15, 0.2) is 5.17 Å². The van der Waals surface area contributed by atoms with Gasteiger partial charge in [-0.3, -0.25) is 9.79 Å². The molecule has 2 saturated heterocycles. The number of nitrogens with zero attached hydrogens (tertiary/aromatic N) is 2. The van der Waals surface area contributed by atoms with Crippen LogP contribution in [0.4, 0.5) is 0 Å². The number of likely N-dealkylation sites (tertiary alicyclic amines) is 1. The molecule has 4 nitrogen and oxygen atoms in total. The van der Waals surface area contributed by atoms with E-state index in [0.717, 1.165) is 36.9 Å². The van der Waals surface area contributed by atoms with Crippen molar-refractivity contribution in [3.63, 3.8) is 0 Å². The standard InChI is InChI=1S/C15H27N3OS/c1-15(2,3)12-7-11-20-14(17-12)16-8-6-13(19)18-9-4-5-10-18/h12H,4-11H2,1-3H3,(H,16,17). The summed E-state index contributed by atoms with van der Waals surface area (Å²) in [7, 11) is 0. The van der Waals surface area contributed by atoms with E-state index in [1.807, 2.05) is 4.90 Å². The second kappa shape index (κ2) is 6.83. The van der Waals surface area contributed by atoms with Crippen LogP contribution in [0.1, 0.15) is 46.5 Å². The first-order valence-corrected chi connectivity index (χ1v) is 8.67. The zero-order valence-electron chi connectivity index (χ0n) is 12.9.